The highest BCUT2D eigenvalue weighted by atomic mass is 16.5. The van der Waals surface area contributed by atoms with Crippen LogP contribution in [0.1, 0.15) is 11.1 Å². The molecule has 0 saturated heterocycles. The molecule has 0 radical (unpaired) electrons. The molecule has 6 heteroatoms. The summed E-state index contributed by atoms with van der Waals surface area (Å²) in [6.07, 6.45) is 2.27. The highest BCUT2D eigenvalue weighted by molar-refractivity contribution is 5.82. The van der Waals surface area contributed by atoms with E-state index in [1.54, 1.807) is 30.5 Å². The molecule has 3 rings (SSSR count). The standard InChI is InChI=1S/C24H23N3O3/c1-26-20-6-8-21(9-7-20)27-15-19-4-12-24(13-5-19)30-17-22(28)16-29-23-10-2-18(14-25)3-11-23/h2-15,22,25,28H,1,16-17H2. The molecule has 0 fully saturated rings. The number of aliphatic hydroxyl groups is 1. The first-order valence-electron chi connectivity index (χ1n) is 9.41. The van der Waals surface area contributed by atoms with E-state index in [1.165, 1.54) is 6.21 Å². The Morgan fingerprint density at radius 1 is 0.800 bits per heavy atom. The Morgan fingerprint density at radius 2 is 1.30 bits per heavy atom. The topological polar surface area (TPSA) is 87.3 Å². The van der Waals surface area contributed by atoms with Gasteiger partial charge in [0.25, 0.3) is 0 Å². The fourth-order valence-corrected chi connectivity index (χ4v) is 2.54. The molecule has 0 aliphatic heterocycles. The van der Waals surface area contributed by atoms with Gasteiger partial charge in [0, 0.05) is 12.4 Å². The third kappa shape index (κ3) is 6.39. The molecule has 0 bridgehead atoms. The van der Waals surface area contributed by atoms with Crippen LogP contribution >= 0.6 is 0 Å². The van der Waals surface area contributed by atoms with E-state index in [4.69, 9.17) is 14.9 Å². The van der Waals surface area contributed by atoms with Crippen molar-refractivity contribution in [2.75, 3.05) is 13.2 Å². The Balaban J connectivity index is 1.44. The molecule has 0 aliphatic carbocycles. The van der Waals surface area contributed by atoms with Crippen LogP contribution < -0.4 is 9.47 Å². The second-order valence-electron chi connectivity index (χ2n) is 6.49. The monoisotopic (exact) mass is 401 g/mol. The van der Waals surface area contributed by atoms with Crippen molar-refractivity contribution in [2.24, 2.45) is 9.98 Å². The van der Waals surface area contributed by atoms with Crippen LogP contribution in [0.4, 0.5) is 11.4 Å². The van der Waals surface area contributed by atoms with Crippen LogP contribution in [0.5, 0.6) is 11.5 Å². The van der Waals surface area contributed by atoms with Crippen molar-refractivity contribution in [1.29, 1.82) is 5.41 Å². The summed E-state index contributed by atoms with van der Waals surface area (Å²) in [5.41, 5.74) is 3.37. The Bertz CT molecular complexity index is 982. The maximum absolute atomic E-state index is 10.1. The molecular formula is C24H23N3O3. The molecule has 3 aromatic rings. The zero-order valence-corrected chi connectivity index (χ0v) is 16.4. The molecule has 0 spiro atoms. The molecule has 0 heterocycles. The number of ether oxygens (including phenoxy) is 2. The van der Waals surface area contributed by atoms with E-state index in [0.717, 1.165) is 22.5 Å². The van der Waals surface area contributed by atoms with Crippen LogP contribution in [0.2, 0.25) is 0 Å². The average molecular weight is 401 g/mol. The number of nitrogens with zero attached hydrogens (tertiary/aromatic N) is 2. The Hall–Kier alpha value is -3.77. The van der Waals surface area contributed by atoms with Gasteiger partial charge in [0.05, 0.1) is 11.4 Å². The van der Waals surface area contributed by atoms with E-state index in [2.05, 4.69) is 16.7 Å². The van der Waals surface area contributed by atoms with Crippen LogP contribution in [0, 0.1) is 5.41 Å². The maximum Gasteiger partial charge on any atom is 0.122 e. The molecule has 6 nitrogen and oxygen atoms in total. The van der Waals surface area contributed by atoms with Gasteiger partial charge in [-0.05, 0) is 90.6 Å². The highest BCUT2D eigenvalue weighted by Crippen LogP contribution is 2.18. The summed E-state index contributed by atoms with van der Waals surface area (Å²) in [5, 5.41) is 17.2. The lowest BCUT2D eigenvalue weighted by atomic mass is 10.2. The normalized spacial score (nSPS) is 11.8. The van der Waals surface area contributed by atoms with Gasteiger partial charge in [0.1, 0.15) is 30.8 Å². The minimum absolute atomic E-state index is 0.120. The first-order chi connectivity index (χ1) is 14.7. The fraction of sp³-hybridized carbons (Fsp3) is 0.125. The van der Waals surface area contributed by atoms with Gasteiger partial charge in [-0.25, -0.2) is 0 Å². The third-order valence-corrected chi connectivity index (χ3v) is 4.21. The summed E-state index contributed by atoms with van der Waals surface area (Å²) in [4.78, 5) is 8.28. The molecule has 30 heavy (non-hydrogen) atoms. The second kappa shape index (κ2) is 10.7. The van der Waals surface area contributed by atoms with E-state index < -0.39 is 6.10 Å². The molecule has 0 aromatic heterocycles. The van der Waals surface area contributed by atoms with E-state index >= 15 is 0 Å². The van der Waals surface area contributed by atoms with Crippen LogP contribution in [0.3, 0.4) is 0 Å². The van der Waals surface area contributed by atoms with Crippen molar-refractivity contribution in [2.45, 2.75) is 6.10 Å². The molecule has 2 N–H and O–H groups in total. The minimum Gasteiger partial charge on any atom is -0.491 e. The molecule has 0 saturated carbocycles. The Kier molecular flexibility index (Phi) is 7.46. The van der Waals surface area contributed by atoms with Crippen LogP contribution in [-0.2, 0) is 0 Å². The lowest BCUT2D eigenvalue weighted by Gasteiger charge is -2.14. The quantitative estimate of drug-likeness (QED) is 0.487. The van der Waals surface area contributed by atoms with E-state index in [9.17, 15) is 5.11 Å². The highest BCUT2D eigenvalue weighted by Gasteiger charge is 2.07. The van der Waals surface area contributed by atoms with Gasteiger partial charge in [0.15, 0.2) is 0 Å². The summed E-state index contributed by atoms with van der Waals surface area (Å²) in [7, 11) is 0. The number of hydrogen-bond donors (Lipinski definition) is 2. The first kappa shape index (κ1) is 21.0. The number of benzene rings is 3. The van der Waals surface area contributed by atoms with Crippen LogP contribution in [0.25, 0.3) is 0 Å². The van der Waals surface area contributed by atoms with Crippen molar-refractivity contribution in [1.82, 2.24) is 0 Å². The number of hydrogen-bond acceptors (Lipinski definition) is 6. The first-order valence-corrected chi connectivity index (χ1v) is 9.41. The summed E-state index contributed by atoms with van der Waals surface area (Å²) in [6, 6.07) is 22.0. The third-order valence-electron chi connectivity index (χ3n) is 4.21. The SMILES string of the molecule is C=Nc1ccc(N=Cc2ccc(OCC(O)COc3ccc(C=N)cc3)cc2)cc1. The molecule has 0 aliphatic rings. The Morgan fingerprint density at radius 3 is 1.80 bits per heavy atom. The van der Waals surface area contributed by atoms with Crippen LogP contribution in [-0.4, -0.2) is 43.6 Å². The fourth-order valence-electron chi connectivity index (χ4n) is 2.54. The lowest BCUT2D eigenvalue weighted by Crippen LogP contribution is -2.25. The Labute approximate surface area is 175 Å². The predicted molar refractivity (Wildman–Crippen MR) is 121 cm³/mol. The second-order valence-corrected chi connectivity index (χ2v) is 6.49. The van der Waals surface area contributed by atoms with Crippen molar-refractivity contribution in [3.8, 4) is 11.5 Å². The zero-order chi connectivity index (χ0) is 21.2. The van der Waals surface area contributed by atoms with E-state index in [1.807, 2.05) is 48.5 Å². The van der Waals surface area contributed by atoms with Crippen molar-refractivity contribution in [3.63, 3.8) is 0 Å². The minimum atomic E-state index is -0.762. The summed E-state index contributed by atoms with van der Waals surface area (Å²) in [6.45, 7) is 3.73. The predicted octanol–water partition coefficient (Wildman–Crippen LogP) is 4.59. The van der Waals surface area contributed by atoms with Gasteiger partial charge in [-0.3, -0.25) is 9.98 Å². The van der Waals surface area contributed by atoms with E-state index in [0.29, 0.717) is 11.5 Å². The number of aliphatic hydroxyl groups excluding tert-OH is 1. The molecule has 1 atom stereocenters. The van der Waals surface area contributed by atoms with Gasteiger partial charge >= 0.3 is 0 Å². The summed E-state index contributed by atoms with van der Waals surface area (Å²) in [5.74, 6) is 1.29. The van der Waals surface area contributed by atoms with Crippen LogP contribution in [0.15, 0.2) is 82.8 Å². The largest absolute Gasteiger partial charge is 0.491 e. The van der Waals surface area contributed by atoms with E-state index in [-0.39, 0.29) is 13.2 Å². The van der Waals surface area contributed by atoms with Gasteiger partial charge in [-0.1, -0.05) is 0 Å². The zero-order valence-electron chi connectivity index (χ0n) is 16.4. The smallest absolute Gasteiger partial charge is 0.122 e. The van der Waals surface area contributed by atoms with Gasteiger partial charge in [-0.15, -0.1) is 0 Å². The summed E-state index contributed by atoms with van der Waals surface area (Å²) >= 11 is 0. The molecular weight excluding hydrogens is 378 g/mol. The van der Waals surface area contributed by atoms with Crippen molar-refractivity contribution in [3.05, 3.63) is 83.9 Å². The number of aliphatic imine (C=N–C) groups is 2. The van der Waals surface area contributed by atoms with Crippen molar-refractivity contribution < 1.29 is 14.6 Å². The molecule has 152 valence electrons. The lowest BCUT2D eigenvalue weighted by molar-refractivity contribution is 0.0626. The molecule has 0 amide bonds. The number of nitrogens with one attached hydrogen (secondary N) is 1. The maximum atomic E-state index is 10.1. The van der Waals surface area contributed by atoms with Gasteiger partial charge in [-0.2, -0.15) is 0 Å². The summed E-state index contributed by atoms with van der Waals surface area (Å²) < 4.78 is 11.1. The molecule has 3 aromatic carbocycles. The van der Waals surface area contributed by atoms with Gasteiger partial charge < -0.3 is 20.0 Å². The van der Waals surface area contributed by atoms with Crippen molar-refractivity contribution >= 4 is 30.5 Å². The molecule has 1 unspecified atom stereocenters. The number of rotatable bonds is 10. The average Bonchev–Trinajstić information content (AvgIpc) is 2.81. The van der Waals surface area contributed by atoms with Gasteiger partial charge in [0.2, 0.25) is 0 Å².